The van der Waals surface area contributed by atoms with Gasteiger partial charge >= 0.3 is 0 Å². The van der Waals surface area contributed by atoms with Crippen molar-refractivity contribution >= 4 is 34.0 Å². The van der Waals surface area contributed by atoms with E-state index in [1.807, 2.05) is 62.1 Å². The summed E-state index contributed by atoms with van der Waals surface area (Å²) >= 11 is 0. The summed E-state index contributed by atoms with van der Waals surface area (Å²) in [6.45, 7) is 5.33. The van der Waals surface area contributed by atoms with Crippen LogP contribution < -0.4 is 10.6 Å². The second kappa shape index (κ2) is 12.9. The summed E-state index contributed by atoms with van der Waals surface area (Å²) in [6, 6.07) is 20.3. The zero-order valence-corrected chi connectivity index (χ0v) is 23.8. The average Bonchev–Trinajstić information content (AvgIpc) is 3.60. The van der Waals surface area contributed by atoms with Crippen LogP contribution in [0.1, 0.15) is 42.5 Å². The van der Waals surface area contributed by atoms with Gasteiger partial charge in [-0.05, 0) is 24.5 Å². The predicted molar refractivity (Wildman–Crippen MR) is 160 cm³/mol. The Hall–Kier alpha value is -5.00. The number of nitrogens with zero attached hydrogens (tertiary/aromatic N) is 10. The monoisotopic (exact) mass is 550 g/mol. The molecular formula is C29H34N12. The average molecular weight is 551 g/mol. The third kappa shape index (κ3) is 6.43. The van der Waals surface area contributed by atoms with Crippen molar-refractivity contribution in [2.24, 2.45) is 0 Å². The molecule has 0 aliphatic carbocycles. The van der Waals surface area contributed by atoms with Crippen LogP contribution in [0.25, 0.3) is 22.3 Å². The van der Waals surface area contributed by atoms with E-state index in [1.54, 1.807) is 4.68 Å². The summed E-state index contributed by atoms with van der Waals surface area (Å²) < 4.78 is 3.63. The van der Waals surface area contributed by atoms with Gasteiger partial charge < -0.3 is 10.6 Å². The van der Waals surface area contributed by atoms with E-state index < -0.39 is 0 Å². The van der Waals surface area contributed by atoms with Gasteiger partial charge in [-0.15, -0.1) is 10.2 Å². The molecule has 0 fully saturated rings. The summed E-state index contributed by atoms with van der Waals surface area (Å²) in [5, 5.41) is 22.9. The molecule has 4 aromatic heterocycles. The SMILES string of the molecule is CCCCc1nc(NC)c2nnn(Cc3ccccc3)c2n1.CNc1nc(C)nc2c1nnn2Cc1ccccc1. The second-order valence-corrected chi connectivity index (χ2v) is 9.52. The number of fused-ring (bicyclic) bond motifs is 2. The lowest BCUT2D eigenvalue weighted by Crippen LogP contribution is -2.06. The van der Waals surface area contributed by atoms with Gasteiger partial charge in [-0.25, -0.2) is 29.3 Å². The molecule has 0 unspecified atom stereocenters. The fourth-order valence-electron chi connectivity index (χ4n) is 4.39. The molecule has 6 aromatic rings. The number of rotatable bonds is 9. The van der Waals surface area contributed by atoms with Gasteiger partial charge in [0.25, 0.3) is 0 Å². The van der Waals surface area contributed by atoms with Crippen LogP contribution in [0.15, 0.2) is 60.7 Å². The summed E-state index contributed by atoms with van der Waals surface area (Å²) in [7, 11) is 3.67. The van der Waals surface area contributed by atoms with Crippen molar-refractivity contribution in [1.82, 2.24) is 49.9 Å². The van der Waals surface area contributed by atoms with Crippen molar-refractivity contribution in [2.75, 3.05) is 24.7 Å². The number of hydrogen-bond acceptors (Lipinski definition) is 10. The van der Waals surface area contributed by atoms with Gasteiger partial charge in [0.2, 0.25) is 0 Å². The Morgan fingerprint density at radius 2 is 1.17 bits per heavy atom. The fraction of sp³-hybridized carbons (Fsp3) is 0.310. The van der Waals surface area contributed by atoms with Crippen molar-refractivity contribution in [2.45, 2.75) is 46.2 Å². The van der Waals surface area contributed by atoms with Crippen LogP contribution in [0, 0.1) is 6.92 Å². The molecule has 6 rings (SSSR count). The van der Waals surface area contributed by atoms with E-state index >= 15 is 0 Å². The van der Waals surface area contributed by atoms with E-state index in [9.17, 15) is 0 Å². The lowest BCUT2D eigenvalue weighted by Gasteiger charge is -2.06. The van der Waals surface area contributed by atoms with Crippen molar-refractivity contribution in [3.63, 3.8) is 0 Å². The van der Waals surface area contributed by atoms with Crippen molar-refractivity contribution in [3.8, 4) is 0 Å². The maximum atomic E-state index is 4.66. The molecule has 0 saturated heterocycles. The normalized spacial score (nSPS) is 10.9. The first-order valence-electron chi connectivity index (χ1n) is 13.7. The molecule has 0 aliphatic heterocycles. The number of nitrogens with one attached hydrogen (secondary N) is 2. The molecule has 41 heavy (non-hydrogen) atoms. The molecule has 0 bridgehead atoms. The minimum atomic E-state index is 0.650. The highest BCUT2D eigenvalue weighted by atomic mass is 15.5. The number of aryl methyl sites for hydroxylation is 2. The van der Waals surface area contributed by atoms with Gasteiger partial charge in [-0.3, -0.25) is 0 Å². The van der Waals surface area contributed by atoms with E-state index in [0.717, 1.165) is 53.3 Å². The molecule has 0 atom stereocenters. The minimum absolute atomic E-state index is 0.650. The third-order valence-corrected chi connectivity index (χ3v) is 6.46. The van der Waals surface area contributed by atoms with E-state index in [2.05, 4.69) is 82.4 Å². The van der Waals surface area contributed by atoms with Crippen LogP contribution in [0.5, 0.6) is 0 Å². The van der Waals surface area contributed by atoms with E-state index in [0.29, 0.717) is 30.2 Å². The largest absolute Gasteiger partial charge is 0.371 e. The Labute approximate surface area is 238 Å². The fourth-order valence-corrected chi connectivity index (χ4v) is 4.39. The first kappa shape index (κ1) is 27.6. The Balaban J connectivity index is 0.000000166. The van der Waals surface area contributed by atoms with Crippen LogP contribution >= 0.6 is 0 Å². The van der Waals surface area contributed by atoms with Crippen LogP contribution in [0.4, 0.5) is 11.6 Å². The quantitative estimate of drug-likeness (QED) is 0.268. The zero-order valence-electron chi connectivity index (χ0n) is 23.8. The van der Waals surface area contributed by atoms with Crippen LogP contribution in [-0.4, -0.2) is 64.0 Å². The molecule has 12 heteroatoms. The van der Waals surface area contributed by atoms with Crippen molar-refractivity contribution < 1.29 is 0 Å². The molecule has 0 radical (unpaired) electrons. The third-order valence-electron chi connectivity index (χ3n) is 6.46. The van der Waals surface area contributed by atoms with E-state index in [1.165, 1.54) is 5.56 Å². The topological polar surface area (TPSA) is 137 Å². The molecule has 0 saturated carbocycles. The molecular weight excluding hydrogens is 516 g/mol. The molecule has 0 aliphatic rings. The standard InChI is InChI=1S/C16H20N6.C13H14N6/c1-3-4-10-13-18-15(17-2)14-16(19-13)22(21-20-14)11-12-8-6-5-7-9-12;1-9-15-12(14-2)11-13(16-9)19(18-17-11)8-10-6-4-3-5-7-10/h5-9H,3-4,10-11H2,1-2H3,(H,17,18,19);3-7H,8H2,1-2H3,(H,14,15,16). The number of aromatic nitrogens is 10. The Bertz CT molecular complexity index is 1710. The van der Waals surface area contributed by atoms with Crippen molar-refractivity contribution in [1.29, 1.82) is 0 Å². The molecule has 2 N–H and O–H groups in total. The lowest BCUT2D eigenvalue weighted by atomic mass is 10.2. The molecule has 2 aromatic carbocycles. The predicted octanol–water partition coefficient (Wildman–Crippen LogP) is 4.27. The molecule has 12 nitrogen and oxygen atoms in total. The highest BCUT2D eigenvalue weighted by Gasteiger charge is 2.14. The van der Waals surface area contributed by atoms with Crippen LogP contribution in [0.2, 0.25) is 0 Å². The maximum absolute atomic E-state index is 4.66. The van der Waals surface area contributed by atoms with Gasteiger partial charge in [-0.1, -0.05) is 84.4 Å². The first-order chi connectivity index (χ1) is 20.1. The smallest absolute Gasteiger partial charge is 0.184 e. The Kier molecular flexibility index (Phi) is 8.67. The first-order valence-corrected chi connectivity index (χ1v) is 13.7. The lowest BCUT2D eigenvalue weighted by molar-refractivity contribution is 0.661. The maximum Gasteiger partial charge on any atom is 0.184 e. The Morgan fingerprint density at radius 3 is 1.68 bits per heavy atom. The van der Waals surface area contributed by atoms with Crippen LogP contribution in [-0.2, 0) is 19.5 Å². The minimum Gasteiger partial charge on any atom is -0.371 e. The molecule has 0 amide bonds. The highest BCUT2D eigenvalue weighted by Crippen LogP contribution is 2.19. The summed E-state index contributed by atoms with van der Waals surface area (Å²) in [5.41, 5.74) is 5.29. The Morgan fingerprint density at radius 1 is 0.659 bits per heavy atom. The van der Waals surface area contributed by atoms with Gasteiger partial charge in [0.1, 0.15) is 11.6 Å². The summed E-state index contributed by atoms with van der Waals surface area (Å²) in [5.74, 6) is 3.00. The van der Waals surface area contributed by atoms with Crippen molar-refractivity contribution in [3.05, 3.63) is 83.4 Å². The second-order valence-electron chi connectivity index (χ2n) is 9.52. The number of anilines is 2. The van der Waals surface area contributed by atoms with Gasteiger partial charge in [0.15, 0.2) is 34.0 Å². The van der Waals surface area contributed by atoms with Gasteiger partial charge in [-0.2, -0.15) is 0 Å². The van der Waals surface area contributed by atoms with E-state index in [-0.39, 0.29) is 0 Å². The van der Waals surface area contributed by atoms with E-state index in [4.69, 9.17) is 0 Å². The summed E-state index contributed by atoms with van der Waals surface area (Å²) in [6.07, 6.45) is 3.07. The number of hydrogen-bond donors (Lipinski definition) is 2. The van der Waals surface area contributed by atoms with Gasteiger partial charge in [0, 0.05) is 20.5 Å². The number of unbranched alkanes of at least 4 members (excludes halogenated alkanes) is 1. The number of benzene rings is 2. The molecule has 4 heterocycles. The molecule has 210 valence electrons. The molecule has 0 spiro atoms. The van der Waals surface area contributed by atoms with Gasteiger partial charge in [0.05, 0.1) is 13.1 Å². The highest BCUT2D eigenvalue weighted by molar-refractivity contribution is 5.82. The van der Waals surface area contributed by atoms with Crippen LogP contribution in [0.3, 0.4) is 0 Å². The summed E-state index contributed by atoms with van der Waals surface area (Å²) in [4.78, 5) is 17.9. The zero-order chi connectivity index (χ0) is 28.6.